The predicted molar refractivity (Wildman–Crippen MR) is 48.7 cm³/mol. The zero-order valence-corrected chi connectivity index (χ0v) is 7.58. The Morgan fingerprint density at radius 2 is 2.45 bits per heavy atom. The molecule has 0 radical (unpaired) electrons. The molecule has 1 aliphatic carbocycles. The molecule has 0 aromatic rings. The van der Waals surface area contributed by atoms with Gasteiger partial charge in [-0.05, 0) is 25.2 Å². The molecule has 1 unspecified atom stereocenters. The highest BCUT2D eigenvalue weighted by molar-refractivity contribution is 8.03. The molecule has 0 aromatic carbocycles. The average Bonchev–Trinajstić information content (AvgIpc) is 2.27. The molecule has 2 atom stereocenters. The van der Waals surface area contributed by atoms with E-state index in [1.165, 1.54) is 29.9 Å². The van der Waals surface area contributed by atoms with Gasteiger partial charge in [-0.25, -0.2) is 0 Å². The molecule has 2 rings (SSSR count). The molecule has 1 aliphatic heterocycles. The number of allylic oxidation sites excluding steroid dienone is 2. The van der Waals surface area contributed by atoms with E-state index < -0.39 is 0 Å². The lowest BCUT2D eigenvalue weighted by atomic mass is 9.94. The molecule has 0 spiro atoms. The molecule has 0 fully saturated rings. The van der Waals surface area contributed by atoms with Gasteiger partial charge in [0, 0.05) is 10.6 Å². The first-order chi connectivity index (χ1) is 5.25. The summed E-state index contributed by atoms with van der Waals surface area (Å²) in [7, 11) is 0. The SMILES string of the molecule is C[C@H]1CCC2=C(C1)SC(N)N2. The topological polar surface area (TPSA) is 38.0 Å². The number of rotatable bonds is 0. The highest BCUT2D eigenvalue weighted by atomic mass is 32.2. The van der Waals surface area contributed by atoms with Crippen LogP contribution in [0.5, 0.6) is 0 Å². The van der Waals surface area contributed by atoms with E-state index in [0.29, 0.717) is 0 Å². The van der Waals surface area contributed by atoms with Crippen LogP contribution in [-0.2, 0) is 0 Å². The summed E-state index contributed by atoms with van der Waals surface area (Å²) in [5.74, 6) is 0.855. The first-order valence-electron chi connectivity index (χ1n) is 4.16. The largest absolute Gasteiger partial charge is 0.364 e. The molecule has 0 bridgehead atoms. The van der Waals surface area contributed by atoms with Crippen LogP contribution in [0.25, 0.3) is 0 Å². The van der Waals surface area contributed by atoms with Crippen molar-refractivity contribution >= 4 is 11.8 Å². The molecule has 2 aliphatic rings. The minimum atomic E-state index is 0.130. The van der Waals surface area contributed by atoms with E-state index >= 15 is 0 Å². The second-order valence-electron chi connectivity index (χ2n) is 3.43. The van der Waals surface area contributed by atoms with E-state index in [1.54, 1.807) is 11.8 Å². The lowest BCUT2D eigenvalue weighted by molar-refractivity contribution is 0.496. The van der Waals surface area contributed by atoms with Gasteiger partial charge in [-0.1, -0.05) is 18.7 Å². The van der Waals surface area contributed by atoms with Crippen LogP contribution < -0.4 is 11.1 Å². The number of thioether (sulfide) groups is 1. The zero-order chi connectivity index (χ0) is 7.84. The Morgan fingerprint density at radius 3 is 3.27 bits per heavy atom. The van der Waals surface area contributed by atoms with E-state index in [-0.39, 0.29) is 5.50 Å². The Balaban J connectivity index is 2.10. The summed E-state index contributed by atoms with van der Waals surface area (Å²) in [6.07, 6.45) is 3.76. The molecule has 3 N–H and O–H groups in total. The van der Waals surface area contributed by atoms with Gasteiger partial charge in [0.05, 0.1) is 0 Å². The molecule has 62 valence electrons. The van der Waals surface area contributed by atoms with Crippen molar-refractivity contribution in [2.75, 3.05) is 0 Å². The van der Waals surface area contributed by atoms with Gasteiger partial charge in [0.1, 0.15) is 5.50 Å². The van der Waals surface area contributed by atoms with Gasteiger partial charge >= 0.3 is 0 Å². The minimum absolute atomic E-state index is 0.130. The van der Waals surface area contributed by atoms with Crippen LogP contribution >= 0.6 is 11.8 Å². The van der Waals surface area contributed by atoms with Gasteiger partial charge in [0.25, 0.3) is 0 Å². The number of nitrogens with two attached hydrogens (primary N) is 1. The lowest BCUT2D eigenvalue weighted by Gasteiger charge is -2.18. The number of nitrogens with one attached hydrogen (secondary N) is 1. The summed E-state index contributed by atoms with van der Waals surface area (Å²) in [5.41, 5.74) is 7.30. The van der Waals surface area contributed by atoms with Crippen LogP contribution in [0.1, 0.15) is 26.2 Å². The normalized spacial score (nSPS) is 36.9. The van der Waals surface area contributed by atoms with Crippen molar-refractivity contribution in [3.63, 3.8) is 0 Å². The molecule has 1 heterocycles. The van der Waals surface area contributed by atoms with Crippen molar-refractivity contribution in [1.82, 2.24) is 5.32 Å². The fourth-order valence-electron chi connectivity index (χ4n) is 1.70. The first kappa shape index (κ1) is 7.50. The zero-order valence-electron chi connectivity index (χ0n) is 6.76. The van der Waals surface area contributed by atoms with Gasteiger partial charge in [-0.2, -0.15) is 0 Å². The van der Waals surface area contributed by atoms with Crippen molar-refractivity contribution in [1.29, 1.82) is 0 Å². The number of hydrogen-bond donors (Lipinski definition) is 2. The minimum Gasteiger partial charge on any atom is -0.364 e. The molecule has 0 saturated carbocycles. The van der Waals surface area contributed by atoms with Crippen LogP contribution in [0.15, 0.2) is 10.6 Å². The fourth-order valence-corrected chi connectivity index (χ4v) is 2.89. The van der Waals surface area contributed by atoms with Gasteiger partial charge in [-0.15, -0.1) is 0 Å². The van der Waals surface area contributed by atoms with Crippen molar-refractivity contribution in [2.45, 2.75) is 31.7 Å². The van der Waals surface area contributed by atoms with E-state index in [4.69, 9.17) is 5.73 Å². The summed E-state index contributed by atoms with van der Waals surface area (Å²) < 4.78 is 0. The van der Waals surface area contributed by atoms with Crippen molar-refractivity contribution in [3.05, 3.63) is 10.6 Å². The summed E-state index contributed by atoms with van der Waals surface area (Å²) in [6.45, 7) is 2.31. The predicted octanol–water partition coefficient (Wildman–Crippen LogP) is 1.60. The maximum Gasteiger partial charge on any atom is 0.127 e. The summed E-state index contributed by atoms with van der Waals surface area (Å²) in [6, 6.07) is 0. The molecule has 2 nitrogen and oxygen atoms in total. The highest BCUT2D eigenvalue weighted by Crippen LogP contribution is 2.39. The third-order valence-electron chi connectivity index (χ3n) is 2.34. The van der Waals surface area contributed by atoms with Crippen LogP contribution in [-0.4, -0.2) is 5.50 Å². The number of hydrogen-bond acceptors (Lipinski definition) is 3. The van der Waals surface area contributed by atoms with Crippen LogP contribution in [0.2, 0.25) is 0 Å². The van der Waals surface area contributed by atoms with E-state index in [2.05, 4.69) is 12.2 Å². The second-order valence-corrected chi connectivity index (χ2v) is 4.67. The van der Waals surface area contributed by atoms with Crippen LogP contribution in [0.3, 0.4) is 0 Å². The van der Waals surface area contributed by atoms with E-state index in [9.17, 15) is 0 Å². The quantitative estimate of drug-likeness (QED) is 0.580. The Morgan fingerprint density at radius 1 is 1.64 bits per heavy atom. The molecule has 0 saturated heterocycles. The van der Waals surface area contributed by atoms with Crippen LogP contribution in [0.4, 0.5) is 0 Å². The molecule has 11 heavy (non-hydrogen) atoms. The molecular weight excluding hydrogens is 156 g/mol. The maximum atomic E-state index is 5.75. The molecule has 3 heteroatoms. The summed E-state index contributed by atoms with van der Waals surface area (Å²) >= 11 is 1.80. The summed E-state index contributed by atoms with van der Waals surface area (Å²) in [4.78, 5) is 1.51. The van der Waals surface area contributed by atoms with Gasteiger partial charge in [0.15, 0.2) is 0 Å². The first-order valence-corrected chi connectivity index (χ1v) is 5.04. The highest BCUT2D eigenvalue weighted by Gasteiger charge is 2.25. The molecule has 0 amide bonds. The Bertz CT molecular complexity index is 200. The van der Waals surface area contributed by atoms with Gasteiger partial charge in [0.2, 0.25) is 0 Å². The van der Waals surface area contributed by atoms with Gasteiger partial charge < -0.3 is 11.1 Å². The smallest absolute Gasteiger partial charge is 0.127 e. The Labute approximate surface area is 71.6 Å². The molecule has 0 aromatic heterocycles. The lowest BCUT2D eigenvalue weighted by Crippen LogP contribution is -2.29. The monoisotopic (exact) mass is 170 g/mol. The average molecular weight is 170 g/mol. The van der Waals surface area contributed by atoms with Crippen molar-refractivity contribution in [2.24, 2.45) is 11.7 Å². The fraction of sp³-hybridized carbons (Fsp3) is 0.750. The third kappa shape index (κ3) is 1.40. The maximum absolute atomic E-state index is 5.75. The van der Waals surface area contributed by atoms with Crippen molar-refractivity contribution < 1.29 is 0 Å². The third-order valence-corrected chi connectivity index (χ3v) is 3.41. The summed E-state index contributed by atoms with van der Waals surface area (Å²) in [5, 5.41) is 3.30. The van der Waals surface area contributed by atoms with E-state index in [1.807, 2.05) is 0 Å². The molecular formula is C8H14N2S. The van der Waals surface area contributed by atoms with Crippen LogP contribution in [0, 0.1) is 5.92 Å². The van der Waals surface area contributed by atoms with E-state index in [0.717, 1.165) is 5.92 Å². The Hall–Kier alpha value is -0.150. The second kappa shape index (κ2) is 2.72. The standard InChI is InChI=1S/C8H14N2S/c1-5-2-3-6-7(4-5)11-8(9)10-6/h5,8,10H,2-4,9H2,1H3/t5-,8?/m0/s1. The van der Waals surface area contributed by atoms with Crippen molar-refractivity contribution in [3.8, 4) is 0 Å². The van der Waals surface area contributed by atoms with Gasteiger partial charge in [-0.3, -0.25) is 0 Å². The Kier molecular flexibility index (Phi) is 1.85.